The number of aromatic amines is 1. The molecular formula is C24H28FN3O2. The zero-order chi connectivity index (χ0) is 21.9. The fourth-order valence-electron chi connectivity index (χ4n) is 3.45. The molecule has 158 valence electrons. The number of benzene rings is 2. The first kappa shape index (κ1) is 21.6. The second-order valence-corrected chi connectivity index (χ2v) is 8.41. The summed E-state index contributed by atoms with van der Waals surface area (Å²) >= 11 is 0. The highest BCUT2D eigenvalue weighted by atomic mass is 19.1. The van der Waals surface area contributed by atoms with Gasteiger partial charge < -0.3 is 10.5 Å². The Morgan fingerprint density at radius 3 is 2.53 bits per heavy atom. The van der Waals surface area contributed by atoms with Crippen LogP contribution < -0.4 is 5.73 Å². The highest BCUT2D eigenvalue weighted by Crippen LogP contribution is 2.32. The van der Waals surface area contributed by atoms with Crippen molar-refractivity contribution in [2.75, 3.05) is 5.73 Å². The summed E-state index contributed by atoms with van der Waals surface area (Å²) in [6.07, 6.45) is 0.601. The third kappa shape index (κ3) is 5.06. The van der Waals surface area contributed by atoms with Crippen molar-refractivity contribution in [3.05, 3.63) is 71.2 Å². The van der Waals surface area contributed by atoms with Crippen molar-refractivity contribution in [2.24, 2.45) is 0 Å². The summed E-state index contributed by atoms with van der Waals surface area (Å²) < 4.78 is 20.2. The average Bonchev–Trinajstić information content (AvgIpc) is 3.05. The molecule has 30 heavy (non-hydrogen) atoms. The minimum Gasteiger partial charge on any atom is -0.460 e. The molecule has 0 spiro atoms. The van der Waals surface area contributed by atoms with E-state index < -0.39 is 5.60 Å². The molecule has 1 aromatic heterocycles. The number of hydrogen-bond acceptors (Lipinski definition) is 4. The van der Waals surface area contributed by atoms with Gasteiger partial charge in [-0.2, -0.15) is 5.10 Å². The van der Waals surface area contributed by atoms with Gasteiger partial charge in [-0.3, -0.25) is 9.89 Å². The second kappa shape index (κ2) is 8.69. The summed E-state index contributed by atoms with van der Waals surface area (Å²) in [5, 5.41) is 7.07. The van der Waals surface area contributed by atoms with Crippen LogP contribution >= 0.6 is 0 Å². The summed E-state index contributed by atoms with van der Waals surface area (Å²) in [7, 11) is 0. The van der Waals surface area contributed by atoms with Crippen LogP contribution in [0.1, 0.15) is 56.9 Å². The van der Waals surface area contributed by atoms with Crippen LogP contribution in [0, 0.1) is 5.82 Å². The predicted molar refractivity (Wildman–Crippen MR) is 117 cm³/mol. The SMILES string of the molecule is CC(c1ccc(-c2ccccc2)c(F)c1)c1[nH]nc(N)c1CCC(=O)OC(C)(C)C. The molecule has 0 fully saturated rings. The monoisotopic (exact) mass is 409 g/mol. The number of carbonyl (C=O) groups excluding carboxylic acids is 1. The van der Waals surface area contributed by atoms with E-state index in [2.05, 4.69) is 10.2 Å². The molecule has 0 bridgehead atoms. The molecule has 0 amide bonds. The Balaban J connectivity index is 1.80. The van der Waals surface area contributed by atoms with Gasteiger partial charge >= 0.3 is 5.97 Å². The van der Waals surface area contributed by atoms with Crippen molar-refractivity contribution in [3.8, 4) is 11.1 Å². The molecule has 3 rings (SSSR count). The Bertz CT molecular complexity index is 1020. The molecule has 1 atom stereocenters. The Hall–Kier alpha value is -3.15. The molecule has 1 heterocycles. The lowest BCUT2D eigenvalue weighted by molar-refractivity contribution is -0.154. The van der Waals surface area contributed by atoms with E-state index in [1.165, 1.54) is 0 Å². The van der Waals surface area contributed by atoms with E-state index in [1.807, 2.05) is 64.1 Å². The van der Waals surface area contributed by atoms with Gasteiger partial charge in [0.05, 0.1) is 0 Å². The number of nitrogens with one attached hydrogen (secondary N) is 1. The molecule has 3 N–H and O–H groups in total. The molecule has 0 aliphatic carbocycles. The zero-order valence-electron chi connectivity index (χ0n) is 17.8. The summed E-state index contributed by atoms with van der Waals surface area (Å²) in [5.74, 6) is -0.391. The van der Waals surface area contributed by atoms with Crippen LogP contribution in [0.25, 0.3) is 11.1 Å². The van der Waals surface area contributed by atoms with E-state index in [1.54, 1.807) is 12.1 Å². The second-order valence-electron chi connectivity index (χ2n) is 8.41. The number of nitrogens with two attached hydrogens (primary N) is 1. The number of aromatic nitrogens is 2. The lowest BCUT2D eigenvalue weighted by Crippen LogP contribution is -2.24. The van der Waals surface area contributed by atoms with Gasteiger partial charge in [0.1, 0.15) is 17.2 Å². The number of carbonyl (C=O) groups is 1. The molecule has 0 aliphatic heterocycles. The molecule has 0 saturated heterocycles. The first-order valence-electron chi connectivity index (χ1n) is 10.0. The molecular weight excluding hydrogens is 381 g/mol. The van der Waals surface area contributed by atoms with E-state index in [0.717, 1.165) is 22.4 Å². The Labute approximate surface area is 176 Å². The number of ether oxygens (including phenoxy) is 1. The summed E-state index contributed by atoms with van der Waals surface area (Å²) in [5.41, 5.74) is 9.23. The van der Waals surface area contributed by atoms with Gasteiger partial charge in [-0.05, 0) is 44.4 Å². The van der Waals surface area contributed by atoms with Crippen LogP contribution in [0.4, 0.5) is 10.2 Å². The van der Waals surface area contributed by atoms with Crippen molar-refractivity contribution in [3.63, 3.8) is 0 Å². The number of halogens is 1. The largest absolute Gasteiger partial charge is 0.460 e. The number of H-pyrrole nitrogens is 1. The van der Waals surface area contributed by atoms with Crippen molar-refractivity contribution < 1.29 is 13.9 Å². The smallest absolute Gasteiger partial charge is 0.306 e. The maximum absolute atomic E-state index is 14.8. The molecule has 5 nitrogen and oxygen atoms in total. The fraction of sp³-hybridized carbons (Fsp3) is 0.333. The van der Waals surface area contributed by atoms with E-state index in [-0.39, 0.29) is 24.1 Å². The first-order chi connectivity index (χ1) is 14.2. The Morgan fingerprint density at radius 1 is 1.20 bits per heavy atom. The minimum atomic E-state index is -0.535. The quantitative estimate of drug-likeness (QED) is 0.547. The fourth-order valence-corrected chi connectivity index (χ4v) is 3.45. The highest BCUT2D eigenvalue weighted by Gasteiger charge is 2.22. The number of nitrogen functional groups attached to an aromatic ring is 1. The Kier molecular flexibility index (Phi) is 6.25. The average molecular weight is 410 g/mol. The normalized spacial score (nSPS) is 12.6. The molecule has 0 radical (unpaired) electrons. The Morgan fingerprint density at radius 2 is 1.90 bits per heavy atom. The van der Waals surface area contributed by atoms with E-state index >= 15 is 0 Å². The van der Waals surface area contributed by atoms with Crippen LogP contribution in [0.5, 0.6) is 0 Å². The maximum Gasteiger partial charge on any atom is 0.306 e. The maximum atomic E-state index is 14.8. The van der Waals surface area contributed by atoms with Crippen LogP contribution in [-0.2, 0) is 16.0 Å². The van der Waals surface area contributed by atoms with Crippen molar-refractivity contribution >= 4 is 11.8 Å². The van der Waals surface area contributed by atoms with Gasteiger partial charge in [-0.15, -0.1) is 0 Å². The van der Waals surface area contributed by atoms with Crippen LogP contribution in [-0.4, -0.2) is 21.8 Å². The molecule has 0 saturated carbocycles. The van der Waals surface area contributed by atoms with Gasteiger partial charge in [0.15, 0.2) is 0 Å². The van der Waals surface area contributed by atoms with Gasteiger partial charge in [0.2, 0.25) is 0 Å². The number of anilines is 1. The number of hydrogen-bond donors (Lipinski definition) is 2. The molecule has 6 heteroatoms. The van der Waals surface area contributed by atoms with Crippen molar-refractivity contribution in [1.29, 1.82) is 0 Å². The molecule has 3 aromatic rings. The van der Waals surface area contributed by atoms with Crippen LogP contribution in [0.3, 0.4) is 0 Å². The number of nitrogens with zero attached hydrogens (tertiary/aromatic N) is 1. The van der Waals surface area contributed by atoms with Gasteiger partial charge in [0, 0.05) is 29.2 Å². The third-order valence-corrected chi connectivity index (χ3v) is 4.94. The predicted octanol–water partition coefficient (Wildman–Crippen LogP) is 5.22. The number of rotatable bonds is 6. The van der Waals surface area contributed by atoms with E-state index in [9.17, 15) is 9.18 Å². The number of esters is 1. The van der Waals surface area contributed by atoms with Gasteiger partial charge in [0.25, 0.3) is 0 Å². The van der Waals surface area contributed by atoms with E-state index in [0.29, 0.717) is 17.8 Å². The lowest BCUT2D eigenvalue weighted by atomic mass is 9.91. The highest BCUT2D eigenvalue weighted by molar-refractivity contribution is 5.70. The van der Waals surface area contributed by atoms with Gasteiger partial charge in [-0.25, -0.2) is 4.39 Å². The van der Waals surface area contributed by atoms with Crippen LogP contribution in [0.2, 0.25) is 0 Å². The lowest BCUT2D eigenvalue weighted by Gasteiger charge is -2.19. The molecule has 2 aromatic carbocycles. The van der Waals surface area contributed by atoms with Crippen molar-refractivity contribution in [2.45, 2.75) is 52.1 Å². The third-order valence-electron chi connectivity index (χ3n) is 4.94. The first-order valence-corrected chi connectivity index (χ1v) is 10.0. The van der Waals surface area contributed by atoms with Crippen molar-refractivity contribution in [1.82, 2.24) is 10.2 Å². The summed E-state index contributed by atoms with van der Waals surface area (Å²) in [4.78, 5) is 12.1. The topological polar surface area (TPSA) is 81.0 Å². The molecule has 0 aliphatic rings. The van der Waals surface area contributed by atoms with Crippen LogP contribution in [0.15, 0.2) is 48.5 Å². The van der Waals surface area contributed by atoms with Gasteiger partial charge in [-0.1, -0.05) is 49.4 Å². The standard InChI is InChI=1S/C24H28FN3O2/c1-15(17-10-11-18(20(25)14-17)16-8-6-5-7-9-16)22-19(23(26)28-27-22)12-13-21(29)30-24(2,3)4/h5-11,14-15H,12-13H2,1-4H3,(H3,26,27,28). The molecule has 1 unspecified atom stereocenters. The zero-order valence-corrected chi connectivity index (χ0v) is 17.8. The summed E-state index contributed by atoms with van der Waals surface area (Å²) in [6, 6.07) is 14.7. The van der Waals surface area contributed by atoms with E-state index in [4.69, 9.17) is 10.5 Å². The minimum absolute atomic E-state index is 0.164. The summed E-state index contributed by atoms with van der Waals surface area (Å²) in [6.45, 7) is 7.45.